The predicted molar refractivity (Wildman–Crippen MR) is 94.1 cm³/mol. The monoisotopic (exact) mass is 362 g/mol. The zero-order valence-corrected chi connectivity index (χ0v) is 14.4. The van der Waals surface area contributed by atoms with Crippen molar-refractivity contribution in [3.05, 3.63) is 23.0 Å². The molecule has 1 saturated heterocycles. The van der Waals surface area contributed by atoms with Crippen molar-refractivity contribution in [2.75, 3.05) is 36.8 Å². The summed E-state index contributed by atoms with van der Waals surface area (Å²) in [6.45, 7) is 4.34. The zero-order chi connectivity index (χ0) is 17.8. The zero-order valence-electron chi connectivity index (χ0n) is 13.6. The van der Waals surface area contributed by atoms with Crippen LogP contribution in [0.1, 0.15) is 15.5 Å². The van der Waals surface area contributed by atoms with Crippen LogP contribution in [-0.2, 0) is 0 Å². The highest BCUT2D eigenvalue weighted by Gasteiger charge is 2.18. The fourth-order valence-corrected chi connectivity index (χ4v) is 3.00. The molecule has 2 aromatic rings. The van der Waals surface area contributed by atoms with Crippen LogP contribution >= 0.6 is 11.3 Å². The number of hydrogen-bond donors (Lipinski definition) is 4. The Balaban J connectivity index is 1.61. The van der Waals surface area contributed by atoms with Gasteiger partial charge in [0.1, 0.15) is 22.3 Å². The standard InChI is InChI=1S/C14H18N8O2S/c1-8-19-10(16-2-4-22-5-3-17-14(22)24)6-11(20-8)21-13-18-7-9(25-13)12(15)23/h6-7H,2-5H2,1H3,(H2,15,23)(H,17,24)(H2,16,18,19,20,21). The molecule has 2 aromatic heterocycles. The third-order valence-corrected chi connectivity index (χ3v) is 4.38. The Morgan fingerprint density at radius 1 is 1.44 bits per heavy atom. The Kier molecular flexibility index (Phi) is 4.93. The Morgan fingerprint density at radius 3 is 2.92 bits per heavy atom. The molecule has 25 heavy (non-hydrogen) atoms. The predicted octanol–water partition coefficient (Wildman–Crippen LogP) is 0.521. The van der Waals surface area contributed by atoms with Crippen molar-refractivity contribution in [2.24, 2.45) is 5.73 Å². The Hall–Kier alpha value is -2.95. The normalized spacial score (nSPS) is 13.6. The van der Waals surface area contributed by atoms with Crippen molar-refractivity contribution in [1.29, 1.82) is 0 Å². The van der Waals surface area contributed by atoms with Gasteiger partial charge in [0.2, 0.25) is 0 Å². The molecule has 0 bridgehead atoms. The summed E-state index contributed by atoms with van der Waals surface area (Å²) in [6, 6.07) is 1.69. The molecule has 1 aliphatic rings. The number of nitrogens with zero attached hydrogens (tertiary/aromatic N) is 4. The lowest BCUT2D eigenvalue weighted by molar-refractivity contribution is 0.100. The van der Waals surface area contributed by atoms with Crippen molar-refractivity contribution in [2.45, 2.75) is 6.92 Å². The molecule has 11 heteroatoms. The van der Waals surface area contributed by atoms with Crippen LogP contribution in [0.15, 0.2) is 12.3 Å². The Labute approximate surface area is 147 Å². The SMILES string of the molecule is Cc1nc(NCCN2CCNC2=O)cc(Nc2ncc(C(N)=O)s2)n1. The van der Waals surface area contributed by atoms with Gasteiger partial charge in [-0.05, 0) is 6.92 Å². The molecule has 0 atom stereocenters. The summed E-state index contributed by atoms with van der Waals surface area (Å²) in [6.07, 6.45) is 1.42. The van der Waals surface area contributed by atoms with Crippen molar-refractivity contribution in [3.8, 4) is 0 Å². The number of rotatable bonds is 7. The first-order chi connectivity index (χ1) is 12.0. The minimum Gasteiger partial charge on any atom is -0.368 e. The molecule has 0 unspecified atom stereocenters. The van der Waals surface area contributed by atoms with E-state index in [1.54, 1.807) is 17.9 Å². The lowest BCUT2D eigenvalue weighted by Crippen LogP contribution is -2.32. The quantitative estimate of drug-likeness (QED) is 0.563. The summed E-state index contributed by atoms with van der Waals surface area (Å²) < 4.78 is 0. The molecule has 132 valence electrons. The average Bonchev–Trinajstić information content (AvgIpc) is 3.16. The van der Waals surface area contributed by atoms with E-state index in [0.717, 1.165) is 11.3 Å². The molecule has 3 rings (SSSR count). The maximum Gasteiger partial charge on any atom is 0.317 e. The number of carbonyl (C=O) groups excluding carboxylic acids is 2. The lowest BCUT2D eigenvalue weighted by Gasteiger charge is -2.15. The number of nitrogens with one attached hydrogen (secondary N) is 3. The first-order valence-corrected chi connectivity index (χ1v) is 8.48. The van der Waals surface area contributed by atoms with Gasteiger partial charge < -0.3 is 26.6 Å². The Morgan fingerprint density at radius 2 is 2.24 bits per heavy atom. The molecular weight excluding hydrogens is 344 g/mol. The number of thiazole rings is 1. The van der Waals surface area contributed by atoms with E-state index in [4.69, 9.17) is 5.73 Å². The molecule has 3 amide bonds. The number of aromatic nitrogens is 3. The summed E-state index contributed by atoms with van der Waals surface area (Å²) >= 11 is 1.15. The van der Waals surface area contributed by atoms with E-state index in [1.807, 2.05) is 0 Å². The van der Waals surface area contributed by atoms with E-state index in [1.165, 1.54) is 6.20 Å². The number of amides is 3. The number of anilines is 3. The van der Waals surface area contributed by atoms with Crippen LogP contribution in [0.3, 0.4) is 0 Å². The fourth-order valence-electron chi connectivity index (χ4n) is 2.32. The van der Waals surface area contributed by atoms with Gasteiger partial charge in [-0.15, -0.1) is 0 Å². The first-order valence-electron chi connectivity index (χ1n) is 7.66. The van der Waals surface area contributed by atoms with Gasteiger partial charge in [0.15, 0.2) is 5.13 Å². The van der Waals surface area contributed by atoms with E-state index in [2.05, 4.69) is 30.9 Å². The van der Waals surface area contributed by atoms with Gasteiger partial charge in [-0.3, -0.25) is 4.79 Å². The Bertz CT molecular complexity index is 793. The van der Waals surface area contributed by atoms with Crippen LogP contribution in [0.5, 0.6) is 0 Å². The summed E-state index contributed by atoms with van der Waals surface area (Å²) in [5.41, 5.74) is 5.22. The fraction of sp³-hybridized carbons (Fsp3) is 0.357. The number of aryl methyl sites for hydroxylation is 1. The van der Waals surface area contributed by atoms with Crippen molar-refractivity contribution in [3.63, 3.8) is 0 Å². The summed E-state index contributed by atoms with van der Waals surface area (Å²) in [4.78, 5) is 37.4. The van der Waals surface area contributed by atoms with Crippen molar-refractivity contribution >= 4 is 40.0 Å². The third kappa shape index (κ3) is 4.32. The second-order valence-corrected chi connectivity index (χ2v) is 6.38. The molecule has 0 aliphatic carbocycles. The van der Waals surface area contributed by atoms with Crippen LogP contribution in [0, 0.1) is 6.92 Å². The molecular formula is C14H18N8O2S. The molecule has 1 aliphatic heterocycles. The van der Waals surface area contributed by atoms with Gasteiger partial charge in [-0.1, -0.05) is 11.3 Å². The minimum absolute atomic E-state index is 0.0444. The number of primary amides is 1. The molecule has 0 spiro atoms. The maximum absolute atomic E-state index is 11.5. The number of carbonyl (C=O) groups is 2. The molecule has 5 N–H and O–H groups in total. The van der Waals surface area contributed by atoms with Crippen LogP contribution in [-0.4, -0.2) is 58.0 Å². The highest BCUT2D eigenvalue weighted by molar-refractivity contribution is 7.17. The second kappa shape index (κ2) is 7.30. The molecule has 3 heterocycles. The van der Waals surface area contributed by atoms with Gasteiger partial charge in [-0.2, -0.15) is 0 Å². The highest BCUT2D eigenvalue weighted by atomic mass is 32.1. The van der Waals surface area contributed by atoms with E-state index in [9.17, 15) is 9.59 Å². The van der Waals surface area contributed by atoms with E-state index >= 15 is 0 Å². The van der Waals surface area contributed by atoms with Crippen LogP contribution in [0.25, 0.3) is 0 Å². The number of hydrogen-bond acceptors (Lipinski definition) is 8. The van der Waals surface area contributed by atoms with Crippen molar-refractivity contribution < 1.29 is 9.59 Å². The lowest BCUT2D eigenvalue weighted by atomic mass is 10.4. The van der Waals surface area contributed by atoms with E-state index in [0.29, 0.717) is 53.6 Å². The molecule has 0 aromatic carbocycles. The molecule has 1 fully saturated rings. The number of urea groups is 1. The van der Waals surface area contributed by atoms with Crippen LogP contribution in [0.2, 0.25) is 0 Å². The van der Waals surface area contributed by atoms with Gasteiger partial charge >= 0.3 is 6.03 Å². The van der Waals surface area contributed by atoms with Gasteiger partial charge in [0, 0.05) is 32.2 Å². The van der Waals surface area contributed by atoms with Crippen LogP contribution < -0.4 is 21.7 Å². The topological polar surface area (TPSA) is 138 Å². The summed E-state index contributed by atoms with van der Waals surface area (Å²) in [5, 5.41) is 9.49. The van der Waals surface area contributed by atoms with Crippen LogP contribution in [0.4, 0.5) is 21.6 Å². The highest BCUT2D eigenvalue weighted by Crippen LogP contribution is 2.22. The van der Waals surface area contributed by atoms with Crippen molar-refractivity contribution in [1.82, 2.24) is 25.2 Å². The van der Waals surface area contributed by atoms with E-state index in [-0.39, 0.29) is 6.03 Å². The third-order valence-electron chi connectivity index (χ3n) is 3.45. The maximum atomic E-state index is 11.5. The molecule has 0 radical (unpaired) electrons. The minimum atomic E-state index is -0.516. The van der Waals surface area contributed by atoms with Gasteiger partial charge in [0.25, 0.3) is 5.91 Å². The van der Waals surface area contributed by atoms with E-state index < -0.39 is 5.91 Å². The van der Waals surface area contributed by atoms with Gasteiger partial charge in [0.05, 0.1) is 6.20 Å². The summed E-state index contributed by atoms with van der Waals surface area (Å²) in [7, 11) is 0. The average molecular weight is 362 g/mol. The summed E-state index contributed by atoms with van der Waals surface area (Å²) in [5.74, 6) is 1.26. The van der Waals surface area contributed by atoms with Gasteiger partial charge in [-0.25, -0.2) is 19.7 Å². The molecule has 10 nitrogen and oxygen atoms in total. The second-order valence-electron chi connectivity index (χ2n) is 5.35. The smallest absolute Gasteiger partial charge is 0.317 e. The molecule has 0 saturated carbocycles. The number of nitrogens with two attached hydrogens (primary N) is 1. The first kappa shape index (κ1) is 16.9. The largest absolute Gasteiger partial charge is 0.368 e.